The summed E-state index contributed by atoms with van der Waals surface area (Å²) in [5, 5.41) is 13.9. The Labute approximate surface area is 124 Å². The van der Waals surface area contributed by atoms with E-state index in [9.17, 15) is 9.18 Å². The summed E-state index contributed by atoms with van der Waals surface area (Å²) in [5.41, 5.74) is 5.77. The first-order chi connectivity index (χ1) is 9.04. The van der Waals surface area contributed by atoms with Crippen LogP contribution in [0, 0.1) is 9.39 Å². The van der Waals surface area contributed by atoms with Gasteiger partial charge in [0.2, 0.25) is 0 Å². The number of unbranched alkanes of at least 4 members (excludes halogenated alkanes) is 1. The molecule has 0 radical (unpaired) electrons. The first kappa shape index (κ1) is 15.7. The SMILES string of the molecule is N/C(CCCCNC(=O)c1ccc(F)cc1I)=N/O. The molecule has 0 heterocycles. The minimum atomic E-state index is -0.361. The molecule has 0 atom stereocenters. The van der Waals surface area contributed by atoms with Crippen LogP contribution >= 0.6 is 22.6 Å². The molecule has 0 spiro atoms. The molecule has 1 amide bonds. The van der Waals surface area contributed by atoms with Gasteiger partial charge in [0.05, 0.1) is 5.56 Å². The molecule has 5 nitrogen and oxygen atoms in total. The van der Waals surface area contributed by atoms with Crippen molar-refractivity contribution in [2.24, 2.45) is 10.9 Å². The van der Waals surface area contributed by atoms with E-state index in [0.29, 0.717) is 22.1 Å². The third-order valence-electron chi connectivity index (χ3n) is 2.45. The smallest absolute Gasteiger partial charge is 0.252 e. The van der Waals surface area contributed by atoms with Crippen LogP contribution < -0.4 is 11.1 Å². The van der Waals surface area contributed by atoms with Crippen LogP contribution in [0.15, 0.2) is 23.4 Å². The molecule has 1 rings (SSSR count). The maximum atomic E-state index is 12.9. The number of hydrogen-bond donors (Lipinski definition) is 3. The van der Waals surface area contributed by atoms with Gasteiger partial charge in [0.15, 0.2) is 0 Å². The van der Waals surface area contributed by atoms with Crippen molar-refractivity contribution < 1.29 is 14.4 Å². The fourth-order valence-electron chi connectivity index (χ4n) is 1.45. The molecule has 0 bridgehead atoms. The number of amidine groups is 1. The molecular formula is C12H15FIN3O2. The summed E-state index contributed by atoms with van der Waals surface area (Å²) in [7, 11) is 0. The first-order valence-corrected chi connectivity index (χ1v) is 6.82. The van der Waals surface area contributed by atoms with E-state index in [1.807, 2.05) is 22.6 Å². The number of halogens is 2. The van der Waals surface area contributed by atoms with Crippen molar-refractivity contribution in [3.05, 3.63) is 33.1 Å². The Bertz CT molecular complexity index is 480. The molecule has 0 saturated heterocycles. The maximum Gasteiger partial charge on any atom is 0.252 e. The highest BCUT2D eigenvalue weighted by Gasteiger charge is 2.09. The van der Waals surface area contributed by atoms with Crippen LogP contribution in [-0.4, -0.2) is 23.5 Å². The summed E-state index contributed by atoms with van der Waals surface area (Å²) in [6.45, 7) is 0.491. The molecule has 0 fully saturated rings. The summed E-state index contributed by atoms with van der Waals surface area (Å²) in [5.74, 6) is -0.410. The lowest BCUT2D eigenvalue weighted by atomic mass is 10.2. The van der Waals surface area contributed by atoms with Crippen molar-refractivity contribution in [3.63, 3.8) is 0 Å². The van der Waals surface area contributed by atoms with Crippen LogP contribution in [0.3, 0.4) is 0 Å². The molecule has 0 aliphatic rings. The van der Waals surface area contributed by atoms with E-state index < -0.39 is 0 Å². The van der Waals surface area contributed by atoms with Crippen molar-refractivity contribution in [2.75, 3.05) is 6.54 Å². The number of carbonyl (C=O) groups excluding carboxylic acids is 1. The fraction of sp³-hybridized carbons (Fsp3) is 0.333. The average Bonchev–Trinajstić information content (AvgIpc) is 2.37. The zero-order chi connectivity index (χ0) is 14.3. The lowest BCUT2D eigenvalue weighted by Crippen LogP contribution is -2.25. The molecule has 0 aromatic heterocycles. The Morgan fingerprint density at radius 1 is 1.47 bits per heavy atom. The largest absolute Gasteiger partial charge is 0.409 e. The van der Waals surface area contributed by atoms with Crippen LogP contribution in [-0.2, 0) is 0 Å². The lowest BCUT2D eigenvalue weighted by molar-refractivity contribution is 0.0952. The molecule has 19 heavy (non-hydrogen) atoms. The predicted octanol–water partition coefficient (Wildman–Crippen LogP) is 2.08. The zero-order valence-electron chi connectivity index (χ0n) is 10.2. The van der Waals surface area contributed by atoms with Crippen molar-refractivity contribution in [2.45, 2.75) is 19.3 Å². The number of oxime groups is 1. The van der Waals surface area contributed by atoms with Gasteiger partial charge in [-0.05, 0) is 53.6 Å². The van der Waals surface area contributed by atoms with E-state index in [4.69, 9.17) is 10.9 Å². The van der Waals surface area contributed by atoms with Crippen LogP contribution in [0.1, 0.15) is 29.6 Å². The predicted molar refractivity (Wildman–Crippen MR) is 78.7 cm³/mol. The molecule has 0 aliphatic carbocycles. The van der Waals surface area contributed by atoms with Crippen LogP contribution in [0.2, 0.25) is 0 Å². The van der Waals surface area contributed by atoms with Crippen LogP contribution in [0.5, 0.6) is 0 Å². The van der Waals surface area contributed by atoms with Crippen molar-refractivity contribution in [1.82, 2.24) is 5.32 Å². The molecule has 7 heteroatoms. The minimum Gasteiger partial charge on any atom is -0.409 e. The third-order valence-corrected chi connectivity index (χ3v) is 3.34. The number of nitrogens with two attached hydrogens (primary N) is 1. The molecule has 0 aliphatic heterocycles. The number of rotatable bonds is 6. The third kappa shape index (κ3) is 5.41. The van der Waals surface area contributed by atoms with Gasteiger partial charge in [-0.2, -0.15) is 0 Å². The number of carbonyl (C=O) groups is 1. The van der Waals surface area contributed by atoms with E-state index in [-0.39, 0.29) is 17.6 Å². The van der Waals surface area contributed by atoms with Crippen molar-refractivity contribution >= 4 is 34.3 Å². The van der Waals surface area contributed by atoms with Crippen molar-refractivity contribution in [3.8, 4) is 0 Å². The highest BCUT2D eigenvalue weighted by Crippen LogP contribution is 2.13. The van der Waals surface area contributed by atoms with E-state index >= 15 is 0 Å². The second-order valence-electron chi connectivity index (χ2n) is 3.93. The molecule has 0 saturated carbocycles. The number of benzene rings is 1. The average molecular weight is 379 g/mol. The second kappa shape index (κ2) is 7.93. The summed E-state index contributed by atoms with van der Waals surface area (Å²) >= 11 is 1.92. The van der Waals surface area contributed by atoms with Gasteiger partial charge in [-0.15, -0.1) is 0 Å². The van der Waals surface area contributed by atoms with Gasteiger partial charge in [0.25, 0.3) is 5.91 Å². The Morgan fingerprint density at radius 2 is 2.21 bits per heavy atom. The molecular weight excluding hydrogens is 364 g/mol. The Hall–Kier alpha value is -1.38. The zero-order valence-corrected chi connectivity index (χ0v) is 12.4. The summed E-state index contributed by atoms with van der Waals surface area (Å²) in [4.78, 5) is 11.8. The summed E-state index contributed by atoms with van der Waals surface area (Å²) < 4.78 is 13.5. The summed E-state index contributed by atoms with van der Waals surface area (Å²) in [6.07, 6.45) is 1.93. The lowest BCUT2D eigenvalue weighted by Gasteiger charge is -2.06. The number of amides is 1. The molecule has 0 unspecified atom stereocenters. The molecule has 1 aromatic rings. The van der Waals surface area contributed by atoms with Gasteiger partial charge in [-0.3, -0.25) is 4.79 Å². The normalized spacial score (nSPS) is 11.4. The Kier molecular flexibility index (Phi) is 6.54. The Morgan fingerprint density at radius 3 is 2.84 bits per heavy atom. The van der Waals surface area contributed by atoms with E-state index in [2.05, 4.69) is 10.5 Å². The first-order valence-electron chi connectivity index (χ1n) is 5.74. The summed E-state index contributed by atoms with van der Waals surface area (Å²) in [6, 6.07) is 4.03. The number of nitrogens with one attached hydrogen (secondary N) is 1. The molecule has 104 valence electrons. The van der Waals surface area contributed by atoms with Crippen molar-refractivity contribution in [1.29, 1.82) is 0 Å². The van der Waals surface area contributed by atoms with Gasteiger partial charge >= 0.3 is 0 Å². The van der Waals surface area contributed by atoms with Crippen LogP contribution in [0.4, 0.5) is 4.39 Å². The van der Waals surface area contributed by atoms with E-state index in [1.165, 1.54) is 18.2 Å². The van der Waals surface area contributed by atoms with Gasteiger partial charge in [-0.1, -0.05) is 5.16 Å². The van der Waals surface area contributed by atoms with Gasteiger partial charge in [0, 0.05) is 16.5 Å². The van der Waals surface area contributed by atoms with Gasteiger partial charge in [0.1, 0.15) is 11.7 Å². The monoisotopic (exact) mass is 379 g/mol. The fourth-order valence-corrected chi connectivity index (χ4v) is 2.17. The topological polar surface area (TPSA) is 87.7 Å². The molecule has 1 aromatic carbocycles. The molecule has 4 N–H and O–H groups in total. The van der Waals surface area contributed by atoms with Crippen LogP contribution in [0.25, 0.3) is 0 Å². The highest BCUT2D eigenvalue weighted by molar-refractivity contribution is 14.1. The maximum absolute atomic E-state index is 12.9. The highest BCUT2D eigenvalue weighted by atomic mass is 127. The number of hydrogen-bond acceptors (Lipinski definition) is 3. The number of nitrogens with zero attached hydrogens (tertiary/aromatic N) is 1. The second-order valence-corrected chi connectivity index (χ2v) is 5.09. The standard InChI is InChI=1S/C12H15FIN3O2/c13-8-4-5-9(10(14)7-8)12(18)16-6-2-1-3-11(15)17-19/h4-5,7,19H,1-3,6H2,(H2,15,17)(H,16,18). The quantitative estimate of drug-likeness (QED) is 0.177. The van der Waals surface area contributed by atoms with E-state index in [1.54, 1.807) is 0 Å². The van der Waals surface area contributed by atoms with E-state index in [0.717, 1.165) is 12.8 Å². The minimum absolute atomic E-state index is 0.180. The van der Waals surface area contributed by atoms with Gasteiger partial charge in [-0.25, -0.2) is 4.39 Å². The van der Waals surface area contributed by atoms with Gasteiger partial charge < -0.3 is 16.3 Å². The Balaban J connectivity index is 2.35.